The second kappa shape index (κ2) is 7.01. The highest BCUT2D eigenvalue weighted by Gasteiger charge is 2.47. The molecule has 0 spiro atoms. The molecule has 27 heavy (non-hydrogen) atoms. The van der Waals surface area contributed by atoms with Crippen LogP contribution in [0.1, 0.15) is 24.8 Å². The van der Waals surface area contributed by atoms with E-state index >= 15 is 0 Å². The predicted octanol–water partition coefficient (Wildman–Crippen LogP) is 3.42. The van der Waals surface area contributed by atoms with Gasteiger partial charge in [0.05, 0.1) is 21.3 Å². The number of rotatable bonds is 5. The number of amides is 1. The molecule has 142 valence electrons. The molecule has 1 aliphatic carbocycles. The number of halogens is 2. The molecule has 0 aromatic heterocycles. The van der Waals surface area contributed by atoms with E-state index in [1.807, 2.05) is 4.72 Å². The Kier molecular flexibility index (Phi) is 5.04. The molecule has 7 nitrogen and oxygen atoms in total. The van der Waals surface area contributed by atoms with Gasteiger partial charge in [0.15, 0.2) is 0 Å². The first-order valence-corrected chi connectivity index (χ1v) is 10.2. The van der Waals surface area contributed by atoms with Crippen LogP contribution in [-0.2, 0) is 20.2 Å². The van der Waals surface area contributed by atoms with Crippen LogP contribution in [0.15, 0.2) is 51.8 Å². The number of nitrogens with zero attached hydrogens (tertiary/aromatic N) is 1. The number of nitro benzene ring substituents is 1. The Balaban J connectivity index is 1.92. The molecular weight excluding hydrogens is 443 g/mol. The third kappa shape index (κ3) is 3.72. The first kappa shape index (κ1) is 19.4. The molecule has 2 aromatic rings. The first-order valence-electron chi connectivity index (χ1n) is 7.92. The zero-order valence-corrected chi connectivity index (χ0v) is 16.2. The Labute approximate surface area is 162 Å². The highest BCUT2D eigenvalue weighted by molar-refractivity contribution is 9.10. The van der Waals surface area contributed by atoms with Gasteiger partial charge in [0.1, 0.15) is 5.82 Å². The quantitative estimate of drug-likeness (QED) is 0.547. The van der Waals surface area contributed by atoms with Crippen molar-refractivity contribution in [2.75, 3.05) is 0 Å². The van der Waals surface area contributed by atoms with Crippen molar-refractivity contribution < 1.29 is 22.5 Å². The summed E-state index contributed by atoms with van der Waals surface area (Å²) in [6.45, 7) is 0. The minimum atomic E-state index is -4.47. The molecule has 1 saturated carbocycles. The predicted molar refractivity (Wildman–Crippen MR) is 98.1 cm³/mol. The molecule has 0 aliphatic heterocycles. The second-order valence-corrected chi connectivity index (χ2v) is 8.88. The van der Waals surface area contributed by atoms with E-state index in [2.05, 4.69) is 15.9 Å². The van der Waals surface area contributed by atoms with Crippen molar-refractivity contribution in [3.05, 3.63) is 68.4 Å². The van der Waals surface area contributed by atoms with Crippen LogP contribution in [0.3, 0.4) is 0 Å². The molecule has 0 radical (unpaired) electrons. The molecule has 0 saturated heterocycles. The van der Waals surface area contributed by atoms with Crippen molar-refractivity contribution in [3.8, 4) is 0 Å². The van der Waals surface area contributed by atoms with Crippen molar-refractivity contribution >= 4 is 37.5 Å². The molecule has 1 N–H and O–H groups in total. The largest absolute Gasteiger partial charge is 0.273 e. The third-order valence-corrected chi connectivity index (χ3v) is 6.48. The lowest BCUT2D eigenvalue weighted by molar-refractivity contribution is -0.385. The number of hydrogen-bond donors (Lipinski definition) is 1. The van der Waals surface area contributed by atoms with Crippen molar-refractivity contribution in [1.82, 2.24) is 4.72 Å². The highest BCUT2D eigenvalue weighted by atomic mass is 79.9. The minimum Gasteiger partial charge on any atom is -0.273 e. The van der Waals surface area contributed by atoms with Gasteiger partial charge in [0.25, 0.3) is 15.7 Å². The third-order valence-electron chi connectivity index (χ3n) is 4.64. The maximum atomic E-state index is 13.6. The van der Waals surface area contributed by atoms with Crippen molar-refractivity contribution in [3.63, 3.8) is 0 Å². The SMILES string of the molecule is O=C(NS(=O)(=O)c1cc(F)cc([N+](=O)[O-])c1)C1(c2ccc(Br)cc2)CCC1. The Hall–Kier alpha value is -2.33. The number of carbonyl (C=O) groups is 1. The van der Waals surface area contributed by atoms with Gasteiger partial charge in [-0.15, -0.1) is 0 Å². The van der Waals surface area contributed by atoms with E-state index in [-0.39, 0.29) is 0 Å². The van der Waals surface area contributed by atoms with E-state index < -0.39 is 42.7 Å². The van der Waals surface area contributed by atoms with Crippen LogP contribution in [0.5, 0.6) is 0 Å². The van der Waals surface area contributed by atoms with Crippen LogP contribution in [0.4, 0.5) is 10.1 Å². The van der Waals surface area contributed by atoms with E-state index in [4.69, 9.17) is 0 Å². The Morgan fingerprint density at radius 2 is 1.81 bits per heavy atom. The zero-order chi connectivity index (χ0) is 19.8. The van der Waals surface area contributed by atoms with Crippen LogP contribution in [0, 0.1) is 15.9 Å². The minimum absolute atomic E-state index is 0.472. The fourth-order valence-corrected chi connectivity index (χ4v) is 4.40. The fourth-order valence-electron chi connectivity index (χ4n) is 3.03. The van der Waals surface area contributed by atoms with Gasteiger partial charge in [0, 0.05) is 10.5 Å². The van der Waals surface area contributed by atoms with Gasteiger partial charge in [-0.3, -0.25) is 14.9 Å². The molecule has 1 fully saturated rings. The lowest BCUT2D eigenvalue weighted by Gasteiger charge is -2.40. The monoisotopic (exact) mass is 456 g/mol. The van der Waals surface area contributed by atoms with Crippen LogP contribution in [0.2, 0.25) is 0 Å². The van der Waals surface area contributed by atoms with E-state index in [0.29, 0.717) is 36.6 Å². The number of hydrogen-bond acceptors (Lipinski definition) is 5. The van der Waals surface area contributed by atoms with Crippen LogP contribution in [-0.4, -0.2) is 19.2 Å². The summed E-state index contributed by atoms with van der Waals surface area (Å²) in [6.07, 6.45) is 1.70. The van der Waals surface area contributed by atoms with Gasteiger partial charge < -0.3 is 0 Å². The van der Waals surface area contributed by atoms with Crippen LogP contribution < -0.4 is 4.72 Å². The molecule has 0 heterocycles. The van der Waals surface area contributed by atoms with Gasteiger partial charge in [0.2, 0.25) is 5.91 Å². The molecule has 1 aliphatic rings. The van der Waals surface area contributed by atoms with Crippen molar-refractivity contribution in [1.29, 1.82) is 0 Å². The number of nitro groups is 1. The second-order valence-electron chi connectivity index (χ2n) is 6.28. The Morgan fingerprint density at radius 3 is 2.33 bits per heavy atom. The molecule has 2 aromatic carbocycles. The van der Waals surface area contributed by atoms with Crippen molar-refractivity contribution in [2.45, 2.75) is 29.6 Å². The Morgan fingerprint density at radius 1 is 1.19 bits per heavy atom. The van der Waals surface area contributed by atoms with Gasteiger partial charge in [-0.1, -0.05) is 34.5 Å². The molecular formula is C17H14BrFN2O5S. The maximum Gasteiger partial charge on any atom is 0.273 e. The number of carbonyl (C=O) groups excluding carboxylic acids is 1. The summed E-state index contributed by atoms with van der Waals surface area (Å²) in [5.41, 5.74) is -1.03. The van der Waals surface area contributed by atoms with Crippen molar-refractivity contribution in [2.24, 2.45) is 0 Å². The summed E-state index contributed by atoms with van der Waals surface area (Å²) in [5, 5.41) is 10.8. The average Bonchev–Trinajstić information content (AvgIpc) is 2.54. The summed E-state index contributed by atoms with van der Waals surface area (Å²) in [6, 6.07) is 8.95. The first-order chi connectivity index (χ1) is 12.6. The van der Waals surface area contributed by atoms with Gasteiger partial charge in [-0.25, -0.2) is 17.5 Å². The summed E-state index contributed by atoms with van der Waals surface area (Å²) in [5.74, 6) is -1.81. The molecule has 0 atom stereocenters. The zero-order valence-electron chi connectivity index (χ0n) is 13.8. The molecule has 0 bridgehead atoms. The number of nitrogens with one attached hydrogen (secondary N) is 1. The highest BCUT2D eigenvalue weighted by Crippen LogP contribution is 2.44. The molecule has 10 heteroatoms. The maximum absolute atomic E-state index is 13.6. The van der Waals surface area contributed by atoms with E-state index in [0.717, 1.165) is 10.9 Å². The van der Waals surface area contributed by atoms with Crippen LogP contribution in [0.25, 0.3) is 0 Å². The molecule has 3 rings (SSSR count). The summed E-state index contributed by atoms with van der Waals surface area (Å²) in [4.78, 5) is 22.1. The lowest BCUT2D eigenvalue weighted by Crippen LogP contribution is -2.50. The van der Waals surface area contributed by atoms with E-state index in [1.165, 1.54) is 0 Å². The number of non-ortho nitro benzene ring substituents is 1. The topological polar surface area (TPSA) is 106 Å². The fraction of sp³-hybridized carbons (Fsp3) is 0.235. The summed E-state index contributed by atoms with van der Waals surface area (Å²) in [7, 11) is -4.47. The average molecular weight is 457 g/mol. The molecule has 1 amide bonds. The number of benzene rings is 2. The Bertz CT molecular complexity index is 1020. The normalized spacial score (nSPS) is 15.6. The smallest absolute Gasteiger partial charge is 0.273 e. The summed E-state index contributed by atoms with van der Waals surface area (Å²) < 4.78 is 41.4. The van der Waals surface area contributed by atoms with Crippen LogP contribution >= 0.6 is 15.9 Å². The standard InChI is InChI=1S/C17H14BrFN2O5S/c18-12-4-2-11(3-5-12)17(6-1-7-17)16(22)20-27(25,26)15-9-13(19)8-14(10-15)21(23)24/h2-5,8-10H,1,6-7H2,(H,20,22). The van der Waals surface area contributed by atoms with Gasteiger partial charge in [-0.05, 0) is 36.6 Å². The summed E-state index contributed by atoms with van der Waals surface area (Å²) >= 11 is 3.31. The number of sulfonamides is 1. The van der Waals surface area contributed by atoms with E-state index in [1.54, 1.807) is 24.3 Å². The van der Waals surface area contributed by atoms with Gasteiger partial charge in [-0.2, -0.15) is 0 Å². The van der Waals surface area contributed by atoms with E-state index in [9.17, 15) is 27.7 Å². The molecule has 0 unspecified atom stereocenters. The lowest BCUT2D eigenvalue weighted by atomic mass is 9.64. The van der Waals surface area contributed by atoms with Gasteiger partial charge >= 0.3 is 0 Å².